The highest BCUT2D eigenvalue weighted by Gasteiger charge is 2.40. The van der Waals surface area contributed by atoms with Gasteiger partial charge in [-0.25, -0.2) is 4.68 Å². The van der Waals surface area contributed by atoms with Gasteiger partial charge in [-0.1, -0.05) is 11.6 Å². The van der Waals surface area contributed by atoms with Crippen LogP contribution < -0.4 is 10.9 Å². The summed E-state index contributed by atoms with van der Waals surface area (Å²) >= 11 is 5.55. The van der Waals surface area contributed by atoms with E-state index < -0.39 is 34.7 Å². The van der Waals surface area contributed by atoms with Gasteiger partial charge in [0.1, 0.15) is 0 Å². The molecule has 0 saturated carbocycles. The summed E-state index contributed by atoms with van der Waals surface area (Å²) in [5, 5.41) is 5.66. The summed E-state index contributed by atoms with van der Waals surface area (Å²) in [6.45, 7) is 1.73. The zero-order valence-electron chi connectivity index (χ0n) is 14.8. The molecular formula is C18H13ClF4N4O2. The van der Waals surface area contributed by atoms with Gasteiger partial charge >= 0.3 is 6.18 Å². The first-order valence-corrected chi connectivity index (χ1v) is 8.63. The summed E-state index contributed by atoms with van der Waals surface area (Å²) in [6.07, 6.45) is -2.77. The highest BCUT2D eigenvalue weighted by molar-refractivity contribution is 6.30. The number of halogens is 5. The highest BCUT2D eigenvalue weighted by atomic mass is 35.5. The zero-order chi connectivity index (χ0) is 21.3. The monoisotopic (exact) mass is 428 g/mol. The van der Waals surface area contributed by atoms with Gasteiger partial charge in [-0.05, 0) is 37.3 Å². The molecule has 0 aliphatic carbocycles. The summed E-state index contributed by atoms with van der Waals surface area (Å²) < 4.78 is 55.9. The third-order valence-corrected chi connectivity index (χ3v) is 4.27. The Morgan fingerprint density at radius 3 is 2.38 bits per heavy atom. The van der Waals surface area contributed by atoms with E-state index in [2.05, 4.69) is 10.4 Å². The third kappa shape index (κ3) is 3.88. The Kier molecular flexibility index (Phi) is 5.47. The fourth-order valence-corrected chi connectivity index (χ4v) is 2.82. The van der Waals surface area contributed by atoms with Gasteiger partial charge in [0.05, 0.1) is 22.5 Å². The van der Waals surface area contributed by atoms with E-state index in [-0.39, 0.29) is 22.9 Å². The number of amides is 1. The molecule has 1 aromatic carbocycles. The van der Waals surface area contributed by atoms with E-state index in [0.717, 1.165) is 10.8 Å². The van der Waals surface area contributed by atoms with Gasteiger partial charge in [-0.2, -0.15) is 22.7 Å². The molecule has 29 heavy (non-hydrogen) atoms. The van der Waals surface area contributed by atoms with E-state index in [1.165, 1.54) is 36.5 Å². The van der Waals surface area contributed by atoms with Crippen LogP contribution in [-0.2, 0) is 6.18 Å². The second-order valence-corrected chi connectivity index (χ2v) is 6.25. The average molecular weight is 429 g/mol. The maximum Gasteiger partial charge on any atom is 0.434 e. The van der Waals surface area contributed by atoms with E-state index in [1.54, 1.807) is 6.92 Å². The van der Waals surface area contributed by atoms with Gasteiger partial charge in [-0.3, -0.25) is 14.2 Å². The molecule has 3 rings (SSSR count). The normalized spacial score (nSPS) is 11.5. The largest absolute Gasteiger partial charge is 0.434 e. The molecule has 6 nitrogen and oxygen atoms in total. The third-order valence-electron chi connectivity index (χ3n) is 3.98. The lowest BCUT2D eigenvalue weighted by atomic mass is 10.2. The predicted octanol–water partition coefficient (Wildman–Crippen LogP) is 3.58. The van der Waals surface area contributed by atoms with Crippen LogP contribution in [0.2, 0.25) is 5.02 Å². The minimum atomic E-state index is -4.84. The molecule has 1 N–H and O–H groups in total. The van der Waals surface area contributed by atoms with Crippen LogP contribution in [0.5, 0.6) is 0 Å². The maximum absolute atomic E-state index is 13.7. The van der Waals surface area contributed by atoms with Gasteiger partial charge in [0.2, 0.25) is 5.82 Å². The number of rotatable bonds is 4. The van der Waals surface area contributed by atoms with Crippen molar-refractivity contribution < 1.29 is 22.4 Å². The van der Waals surface area contributed by atoms with Gasteiger partial charge in [0.25, 0.3) is 11.5 Å². The maximum atomic E-state index is 13.7. The second-order valence-electron chi connectivity index (χ2n) is 5.85. The van der Waals surface area contributed by atoms with E-state index in [4.69, 9.17) is 11.6 Å². The molecule has 1 amide bonds. The van der Waals surface area contributed by atoms with Crippen LogP contribution in [0.25, 0.3) is 11.4 Å². The summed E-state index contributed by atoms with van der Waals surface area (Å²) in [5.74, 6) is -2.04. The Labute approximate surface area is 166 Å². The smallest absolute Gasteiger partial charge is 0.352 e. The lowest BCUT2D eigenvalue weighted by molar-refractivity contribution is -0.143. The molecule has 2 heterocycles. The van der Waals surface area contributed by atoms with Crippen molar-refractivity contribution in [2.75, 3.05) is 6.54 Å². The molecular weight excluding hydrogens is 416 g/mol. The number of benzene rings is 1. The molecule has 3 aromatic rings. The fraction of sp³-hybridized carbons (Fsp3) is 0.167. The van der Waals surface area contributed by atoms with E-state index in [1.807, 2.05) is 0 Å². The molecule has 2 aromatic heterocycles. The Morgan fingerprint density at radius 1 is 1.17 bits per heavy atom. The highest BCUT2D eigenvalue weighted by Crippen LogP contribution is 2.33. The summed E-state index contributed by atoms with van der Waals surface area (Å²) in [5.41, 5.74) is -2.64. The summed E-state index contributed by atoms with van der Waals surface area (Å²) in [4.78, 5) is 23.9. The number of nitrogens with one attached hydrogen (secondary N) is 1. The summed E-state index contributed by atoms with van der Waals surface area (Å²) in [7, 11) is 0. The number of hydrogen-bond acceptors (Lipinski definition) is 3. The molecule has 0 bridgehead atoms. The van der Waals surface area contributed by atoms with E-state index in [9.17, 15) is 27.2 Å². The van der Waals surface area contributed by atoms with Crippen molar-refractivity contribution in [3.63, 3.8) is 0 Å². The zero-order valence-corrected chi connectivity index (χ0v) is 15.6. The van der Waals surface area contributed by atoms with Gasteiger partial charge < -0.3 is 5.32 Å². The fourth-order valence-electron chi connectivity index (χ4n) is 2.69. The van der Waals surface area contributed by atoms with Crippen molar-refractivity contribution in [3.05, 3.63) is 75.2 Å². The van der Waals surface area contributed by atoms with Crippen LogP contribution in [0.3, 0.4) is 0 Å². The SMILES string of the molecule is CCNC(=O)c1cnn(-c2ccc(-n3ccc(Cl)c(F)c3=O)cc2)c1C(F)(F)F. The minimum Gasteiger partial charge on any atom is -0.352 e. The van der Waals surface area contributed by atoms with Gasteiger partial charge in [-0.15, -0.1) is 0 Å². The molecule has 152 valence electrons. The molecule has 0 radical (unpaired) electrons. The lowest BCUT2D eigenvalue weighted by Crippen LogP contribution is -2.26. The number of pyridine rings is 1. The first-order chi connectivity index (χ1) is 13.6. The van der Waals surface area contributed by atoms with Crippen molar-refractivity contribution in [2.45, 2.75) is 13.1 Å². The van der Waals surface area contributed by atoms with Crippen LogP contribution in [0.1, 0.15) is 23.0 Å². The minimum absolute atomic E-state index is 0.000826. The number of hydrogen-bond donors (Lipinski definition) is 1. The molecule has 0 aliphatic rings. The predicted molar refractivity (Wildman–Crippen MR) is 97.1 cm³/mol. The number of aromatic nitrogens is 3. The number of alkyl halides is 3. The topological polar surface area (TPSA) is 68.9 Å². The first kappa shape index (κ1) is 20.6. The summed E-state index contributed by atoms with van der Waals surface area (Å²) in [6, 6.07) is 6.34. The first-order valence-electron chi connectivity index (χ1n) is 8.26. The van der Waals surface area contributed by atoms with Gasteiger partial charge in [0.15, 0.2) is 5.69 Å². The van der Waals surface area contributed by atoms with Crippen LogP contribution in [-0.4, -0.2) is 26.8 Å². The standard InChI is InChI=1S/C18H13ClF4N4O2/c1-2-24-16(28)12-9-25-27(15(12)18(21,22)23)11-5-3-10(4-6-11)26-8-7-13(19)14(20)17(26)29/h3-9H,2H2,1H3,(H,24,28). The molecule has 0 aliphatic heterocycles. The van der Waals surface area contributed by atoms with Crippen LogP contribution in [0, 0.1) is 5.82 Å². The quantitative estimate of drug-likeness (QED) is 0.646. The average Bonchev–Trinajstić information content (AvgIpc) is 3.12. The van der Waals surface area contributed by atoms with Crippen molar-refractivity contribution in [2.24, 2.45) is 0 Å². The molecule has 0 spiro atoms. The molecule has 0 atom stereocenters. The number of nitrogens with zero attached hydrogens (tertiary/aromatic N) is 3. The van der Waals surface area contributed by atoms with Crippen molar-refractivity contribution in [3.8, 4) is 11.4 Å². The van der Waals surface area contributed by atoms with Crippen LogP contribution >= 0.6 is 11.6 Å². The van der Waals surface area contributed by atoms with E-state index >= 15 is 0 Å². The van der Waals surface area contributed by atoms with Crippen molar-refractivity contribution >= 4 is 17.5 Å². The Bertz CT molecular complexity index is 1120. The second kappa shape index (κ2) is 7.70. The Balaban J connectivity index is 2.06. The van der Waals surface area contributed by atoms with Gasteiger partial charge in [0, 0.05) is 18.4 Å². The molecule has 0 saturated heterocycles. The van der Waals surface area contributed by atoms with Crippen LogP contribution in [0.4, 0.5) is 17.6 Å². The van der Waals surface area contributed by atoms with Crippen molar-refractivity contribution in [1.82, 2.24) is 19.7 Å². The molecule has 0 unspecified atom stereocenters. The van der Waals surface area contributed by atoms with E-state index in [0.29, 0.717) is 4.68 Å². The van der Waals surface area contributed by atoms with Crippen molar-refractivity contribution in [1.29, 1.82) is 0 Å². The number of carbonyl (C=O) groups excluding carboxylic acids is 1. The molecule has 0 fully saturated rings. The Morgan fingerprint density at radius 2 is 1.79 bits per heavy atom. The number of carbonyl (C=O) groups is 1. The van der Waals surface area contributed by atoms with Crippen LogP contribution in [0.15, 0.2) is 47.5 Å². The Hall–Kier alpha value is -3.14. The molecule has 11 heteroatoms. The lowest BCUT2D eigenvalue weighted by Gasteiger charge is -2.13.